The average molecular weight is 365 g/mol. The van der Waals surface area contributed by atoms with E-state index in [1.165, 1.54) is 15.3 Å². The van der Waals surface area contributed by atoms with Crippen LogP contribution in [0.2, 0.25) is 0 Å². The SMILES string of the molecule is CC(C)c1ccc(C(=O)N2CCC[C@@H](c3nc4ccccc4s3)C2)cc1. The molecule has 1 aliphatic rings. The Morgan fingerprint density at radius 2 is 1.92 bits per heavy atom. The lowest BCUT2D eigenvalue weighted by Gasteiger charge is -2.32. The molecule has 3 nitrogen and oxygen atoms in total. The molecule has 0 radical (unpaired) electrons. The summed E-state index contributed by atoms with van der Waals surface area (Å²) >= 11 is 1.77. The van der Waals surface area contributed by atoms with Crippen molar-refractivity contribution in [1.82, 2.24) is 9.88 Å². The molecule has 0 unspecified atom stereocenters. The van der Waals surface area contributed by atoms with E-state index in [1.54, 1.807) is 11.3 Å². The highest BCUT2D eigenvalue weighted by molar-refractivity contribution is 7.18. The lowest BCUT2D eigenvalue weighted by molar-refractivity contribution is 0.0707. The first kappa shape index (κ1) is 17.2. The molecule has 26 heavy (non-hydrogen) atoms. The van der Waals surface area contributed by atoms with Crippen LogP contribution in [0.15, 0.2) is 48.5 Å². The van der Waals surface area contributed by atoms with Crippen LogP contribution in [0.3, 0.4) is 0 Å². The van der Waals surface area contributed by atoms with Crippen molar-refractivity contribution < 1.29 is 4.79 Å². The molecule has 2 heterocycles. The number of rotatable bonds is 3. The van der Waals surface area contributed by atoms with Crippen molar-refractivity contribution in [3.63, 3.8) is 0 Å². The van der Waals surface area contributed by atoms with Gasteiger partial charge in [-0.25, -0.2) is 4.98 Å². The van der Waals surface area contributed by atoms with E-state index in [-0.39, 0.29) is 5.91 Å². The number of thiazole rings is 1. The van der Waals surface area contributed by atoms with Gasteiger partial charge in [-0.05, 0) is 48.6 Å². The molecule has 1 atom stereocenters. The van der Waals surface area contributed by atoms with Crippen LogP contribution < -0.4 is 0 Å². The van der Waals surface area contributed by atoms with Crippen LogP contribution in [0.5, 0.6) is 0 Å². The van der Waals surface area contributed by atoms with Crippen LogP contribution in [0.25, 0.3) is 10.2 Å². The zero-order valence-corrected chi connectivity index (χ0v) is 16.1. The second-order valence-electron chi connectivity index (χ2n) is 7.39. The van der Waals surface area contributed by atoms with Gasteiger partial charge in [0.05, 0.1) is 15.2 Å². The Morgan fingerprint density at radius 3 is 2.65 bits per heavy atom. The number of aromatic nitrogens is 1. The molecule has 0 aliphatic carbocycles. The molecule has 1 aliphatic heterocycles. The van der Waals surface area contributed by atoms with Crippen LogP contribution in [0.1, 0.15) is 59.5 Å². The maximum atomic E-state index is 12.9. The number of fused-ring (bicyclic) bond motifs is 1. The van der Waals surface area contributed by atoms with Crippen LogP contribution >= 0.6 is 11.3 Å². The molecule has 1 saturated heterocycles. The molecule has 0 saturated carbocycles. The van der Waals surface area contributed by atoms with Gasteiger partial charge in [0.2, 0.25) is 0 Å². The summed E-state index contributed by atoms with van der Waals surface area (Å²) in [5.74, 6) is 0.976. The van der Waals surface area contributed by atoms with E-state index in [1.807, 2.05) is 23.1 Å². The smallest absolute Gasteiger partial charge is 0.253 e. The molecule has 4 heteroatoms. The van der Waals surface area contributed by atoms with Gasteiger partial charge < -0.3 is 4.90 Å². The lowest BCUT2D eigenvalue weighted by atomic mass is 9.97. The standard InChI is InChI=1S/C22H24N2OS/c1-15(2)16-9-11-17(12-10-16)22(25)24-13-5-6-18(14-24)21-23-19-7-3-4-8-20(19)26-21/h3-4,7-12,15,18H,5-6,13-14H2,1-2H3/t18-/m1/s1. The fourth-order valence-electron chi connectivity index (χ4n) is 3.62. The summed E-state index contributed by atoms with van der Waals surface area (Å²) in [6.07, 6.45) is 2.15. The summed E-state index contributed by atoms with van der Waals surface area (Å²) in [5, 5.41) is 1.17. The molecule has 0 spiro atoms. The number of benzene rings is 2. The van der Waals surface area contributed by atoms with E-state index in [9.17, 15) is 4.79 Å². The van der Waals surface area contributed by atoms with Crippen molar-refractivity contribution in [2.75, 3.05) is 13.1 Å². The first-order chi connectivity index (χ1) is 12.6. The highest BCUT2D eigenvalue weighted by Crippen LogP contribution is 2.33. The van der Waals surface area contributed by atoms with Crippen molar-refractivity contribution >= 4 is 27.5 Å². The topological polar surface area (TPSA) is 33.2 Å². The number of hydrogen-bond donors (Lipinski definition) is 0. The number of hydrogen-bond acceptors (Lipinski definition) is 3. The summed E-state index contributed by atoms with van der Waals surface area (Å²) in [4.78, 5) is 19.8. The Labute approximate surface area is 158 Å². The average Bonchev–Trinajstić information content (AvgIpc) is 3.12. The molecule has 1 amide bonds. The first-order valence-electron chi connectivity index (χ1n) is 9.36. The maximum Gasteiger partial charge on any atom is 0.253 e. The second kappa shape index (κ2) is 7.20. The molecule has 0 bridgehead atoms. The monoisotopic (exact) mass is 364 g/mol. The highest BCUT2D eigenvalue weighted by Gasteiger charge is 2.27. The van der Waals surface area contributed by atoms with Gasteiger partial charge in [-0.15, -0.1) is 11.3 Å². The van der Waals surface area contributed by atoms with Crippen molar-refractivity contribution in [2.24, 2.45) is 0 Å². The summed E-state index contributed by atoms with van der Waals surface area (Å²) < 4.78 is 1.23. The Bertz CT molecular complexity index is 880. The fourth-order valence-corrected chi connectivity index (χ4v) is 4.71. The minimum Gasteiger partial charge on any atom is -0.338 e. The van der Waals surface area contributed by atoms with E-state index in [4.69, 9.17) is 4.98 Å². The van der Waals surface area contributed by atoms with Crippen LogP contribution in [0, 0.1) is 0 Å². The number of likely N-dealkylation sites (tertiary alicyclic amines) is 1. The van der Waals surface area contributed by atoms with Crippen LogP contribution in [-0.4, -0.2) is 28.9 Å². The summed E-state index contributed by atoms with van der Waals surface area (Å²) in [6.45, 7) is 5.95. The molecule has 2 aromatic carbocycles. The predicted octanol–water partition coefficient (Wildman–Crippen LogP) is 5.44. The Morgan fingerprint density at radius 1 is 1.15 bits per heavy atom. The number of amides is 1. The van der Waals surface area contributed by atoms with Gasteiger partial charge >= 0.3 is 0 Å². The number of carbonyl (C=O) groups excluding carboxylic acids is 1. The summed E-state index contributed by atoms with van der Waals surface area (Å²) in [7, 11) is 0. The molecule has 1 aromatic heterocycles. The summed E-state index contributed by atoms with van der Waals surface area (Å²) in [5.41, 5.74) is 3.13. The molecule has 134 valence electrons. The third-order valence-electron chi connectivity index (χ3n) is 5.19. The normalized spacial score (nSPS) is 17.8. The van der Waals surface area contributed by atoms with Crippen molar-refractivity contribution in [3.8, 4) is 0 Å². The van der Waals surface area contributed by atoms with Crippen molar-refractivity contribution in [2.45, 2.75) is 38.5 Å². The number of nitrogens with zero attached hydrogens (tertiary/aromatic N) is 2. The number of piperidine rings is 1. The van der Waals surface area contributed by atoms with Crippen molar-refractivity contribution in [1.29, 1.82) is 0 Å². The molecule has 0 N–H and O–H groups in total. The van der Waals surface area contributed by atoms with E-state index in [2.05, 4.69) is 44.2 Å². The molecular formula is C22H24N2OS. The Balaban J connectivity index is 1.51. The van der Waals surface area contributed by atoms with Gasteiger partial charge in [0.25, 0.3) is 5.91 Å². The van der Waals surface area contributed by atoms with Gasteiger partial charge in [-0.3, -0.25) is 4.79 Å². The number of para-hydroxylation sites is 1. The molecule has 1 fully saturated rings. The van der Waals surface area contributed by atoms with Gasteiger partial charge in [-0.2, -0.15) is 0 Å². The van der Waals surface area contributed by atoms with Gasteiger partial charge in [0.1, 0.15) is 0 Å². The van der Waals surface area contributed by atoms with E-state index >= 15 is 0 Å². The Kier molecular flexibility index (Phi) is 4.77. The molecular weight excluding hydrogens is 340 g/mol. The fraction of sp³-hybridized carbons (Fsp3) is 0.364. The minimum atomic E-state index is 0.145. The lowest BCUT2D eigenvalue weighted by Crippen LogP contribution is -2.39. The van der Waals surface area contributed by atoms with E-state index in [0.717, 1.165) is 37.0 Å². The molecule has 3 aromatic rings. The van der Waals surface area contributed by atoms with Crippen LogP contribution in [0.4, 0.5) is 0 Å². The van der Waals surface area contributed by atoms with E-state index < -0.39 is 0 Å². The van der Waals surface area contributed by atoms with Gasteiger partial charge in [0, 0.05) is 24.6 Å². The maximum absolute atomic E-state index is 12.9. The largest absolute Gasteiger partial charge is 0.338 e. The van der Waals surface area contributed by atoms with Crippen molar-refractivity contribution in [3.05, 3.63) is 64.7 Å². The molecule has 4 rings (SSSR count). The minimum absolute atomic E-state index is 0.145. The van der Waals surface area contributed by atoms with E-state index in [0.29, 0.717) is 11.8 Å². The number of carbonyl (C=O) groups is 1. The Hall–Kier alpha value is -2.20. The zero-order valence-electron chi connectivity index (χ0n) is 15.3. The zero-order chi connectivity index (χ0) is 18.1. The van der Waals surface area contributed by atoms with Gasteiger partial charge in [0.15, 0.2) is 0 Å². The predicted molar refractivity (Wildman–Crippen MR) is 108 cm³/mol. The van der Waals surface area contributed by atoms with Gasteiger partial charge in [-0.1, -0.05) is 38.1 Å². The quantitative estimate of drug-likeness (QED) is 0.620. The van der Waals surface area contributed by atoms with Crippen LogP contribution in [-0.2, 0) is 0 Å². The highest BCUT2D eigenvalue weighted by atomic mass is 32.1. The third-order valence-corrected chi connectivity index (χ3v) is 6.39. The first-order valence-corrected chi connectivity index (χ1v) is 10.2. The third kappa shape index (κ3) is 3.38. The second-order valence-corrected chi connectivity index (χ2v) is 8.45. The summed E-state index contributed by atoms with van der Waals surface area (Å²) in [6, 6.07) is 16.4.